The van der Waals surface area contributed by atoms with E-state index in [4.69, 9.17) is 0 Å². The topological polar surface area (TPSA) is 103 Å². The van der Waals surface area contributed by atoms with Crippen LogP contribution < -0.4 is 10.0 Å². The minimum absolute atomic E-state index is 0.105. The van der Waals surface area contributed by atoms with Gasteiger partial charge in [-0.2, -0.15) is 0 Å². The molecule has 0 aliphatic carbocycles. The number of H-pyrrole nitrogens is 1. The lowest BCUT2D eigenvalue weighted by Gasteiger charge is -2.10. The maximum atomic E-state index is 12.5. The van der Waals surface area contributed by atoms with Gasteiger partial charge in [-0.15, -0.1) is 0 Å². The van der Waals surface area contributed by atoms with Crippen molar-refractivity contribution in [3.05, 3.63) is 60.3 Å². The van der Waals surface area contributed by atoms with Crippen LogP contribution in [0.15, 0.2) is 64.6 Å². The molecule has 0 radical (unpaired) electrons. The van der Waals surface area contributed by atoms with Crippen molar-refractivity contribution in [2.75, 3.05) is 11.9 Å². The van der Waals surface area contributed by atoms with E-state index in [2.05, 4.69) is 26.1 Å². The number of amidine groups is 1. The Bertz CT molecular complexity index is 1200. The van der Waals surface area contributed by atoms with Crippen molar-refractivity contribution in [1.82, 2.24) is 9.71 Å². The van der Waals surface area contributed by atoms with Gasteiger partial charge in [-0.3, -0.25) is 14.5 Å². The Kier molecular flexibility index (Phi) is 5.85. The number of anilines is 1. The Morgan fingerprint density at radius 2 is 2.00 bits per heavy atom. The zero-order chi connectivity index (χ0) is 21.0. The van der Waals surface area contributed by atoms with Crippen molar-refractivity contribution in [2.45, 2.75) is 37.0 Å². The van der Waals surface area contributed by atoms with Crippen LogP contribution in [0, 0.1) is 0 Å². The zero-order valence-corrected chi connectivity index (χ0v) is 17.3. The first-order chi connectivity index (χ1) is 14.5. The summed E-state index contributed by atoms with van der Waals surface area (Å²) in [6.45, 7) is 0.645. The fourth-order valence-corrected chi connectivity index (χ4v) is 4.71. The van der Waals surface area contributed by atoms with Gasteiger partial charge >= 0.3 is 0 Å². The fraction of sp³-hybridized carbons (Fsp3) is 0.273. The average Bonchev–Trinajstić information content (AvgIpc) is 3.38. The lowest BCUT2D eigenvalue weighted by molar-refractivity contribution is -0.116. The number of nitrogens with one attached hydrogen (secondary N) is 3. The van der Waals surface area contributed by atoms with Gasteiger partial charge in [0.15, 0.2) is 0 Å². The van der Waals surface area contributed by atoms with Crippen LogP contribution in [-0.4, -0.2) is 31.7 Å². The average molecular weight is 425 g/mol. The summed E-state index contributed by atoms with van der Waals surface area (Å²) in [5, 5.41) is 3.97. The summed E-state index contributed by atoms with van der Waals surface area (Å²) in [4.78, 5) is 19.8. The third-order valence-electron chi connectivity index (χ3n) is 5.08. The number of aryl methyl sites for hydroxylation is 1. The van der Waals surface area contributed by atoms with Crippen LogP contribution in [0.2, 0.25) is 0 Å². The number of carbonyl (C=O) groups is 1. The highest BCUT2D eigenvalue weighted by atomic mass is 32.2. The molecule has 2 aromatic carbocycles. The second kappa shape index (κ2) is 8.71. The summed E-state index contributed by atoms with van der Waals surface area (Å²) in [6, 6.07) is 14.4. The van der Waals surface area contributed by atoms with E-state index in [1.165, 1.54) is 23.1 Å². The second-order valence-corrected chi connectivity index (χ2v) is 9.01. The molecule has 0 bridgehead atoms. The zero-order valence-electron chi connectivity index (χ0n) is 16.5. The number of aromatic amines is 1. The second-order valence-electron chi connectivity index (χ2n) is 7.33. The number of nitrogens with zero attached hydrogens (tertiary/aromatic N) is 1. The molecule has 2 heterocycles. The number of aliphatic imine (C=N–C) groups is 1. The summed E-state index contributed by atoms with van der Waals surface area (Å²) in [6.07, 6.45) is 5.31. The molecule has 0 saturated carbocycles. The molecule has 0 fully saturated rings. The number of para-hydroxylation sites is 1. The number of benzene rings is 2. The van der Waals surface area contributed by atoms with E-state index >= 15 is 0 Å². The van der Waals surface area contributed by atoms with Crippen molar-refractivity contribution in [3.8, 4) is 0 Å². The third kappa shape index (κ3) is 4.71. The van der Waals surface area contributed by atoms with Gasteiger partial charge in [0.2, 0.25) is 5.91 Å². The Labute approximate surface area is 175 Å². The lowest BCUT2D eigenvalue weighted by atomic mass is 10.1. The number of rotatable bonds is 7. The van der Waals surface area contributed by atoms with Crippen molar-refractivity contribution < 1.29 is 13.2 Å². The molecule has 8 heteroatoms. The standard InChI is InChI=1S/C22H24N4O3S/c27-22(12-3-6-16-15-24-20-10-2-1-9-19(16)20)25-17-7-4-8-18(14-17)30(28,29)26-21-11-5-13-23-21/h1-2,4,7-10,14-15,24H,3,5-6,11-13H2,(H,23,26)(H,25,27). The summed E-state index contributed by atoms with van der Waals surface area (Å²) >= 11 is 0. The quantitative estimate of drug-likeness (QED) is 0.540. The van der Waals surface area contributed by atoms with E-state index in [0.29, 0.717) is 37.3 Å². The first kappa shape index (κ1) is 20.2. The van der Waals surface area contributed by atoms with Crippen LogP contribution in [0.3, 0.4) is 0 Å². The maximum absolute atomic E-state index is 12.5. The number of hydrogen-bond acceptors (Lipinski definition) is 4. The number of sulfonamides is 1. The predicted octanol–water partition coefficient (Wildman–Crippen LogP) is 3.60. The molecule has 4 rings (SSSR count). The van der Waals surface area contributed by atoms with E-state index in [9.17, 15) is 13.2 Å². The molecule has 3 N–H and O–H groups in total. The van der Waals surface area contributed by atoms with E-state index in [1.807, 2.05) is 24.4 Å². The van der Waals surface area contributed by atoms with Gasteiger partial charge < -0.3 is 10.3 Å². The summed E-state index contributed by atoms with van der Waals surface area (Å²) in [7, 11) is -3.70. The predicted molar refractivity (Wildman–Crippen MR) is 118 cm³/mol. The number of carbonyl (C=O) groups excluding carboxylic acids is 1. The third-order valence-corrected chi connectivity index (χ3v) is 6.46. The van der Waals surface area contributed by atoms with Gasteiger partial charge in [-0.25, -0.2) is 8.42 Å². The van der Waals surface area contributed by atoms with Crippen LogP contribution in [0.5, 0.6) is 0 Å². The van der Waals surface area contributed by atoms with Crippen molar-refractivity contribution in [1.29, 1.82) is 0 Å². The number of amides is 1. The Hall–Kier alpha value is -3.13. The molecule has 1 aromatic heterocycles. The van der Waals surface area contributed by atoms with E-state index < -0.39 is 10.0 Å². The number of fused-ring (bicyclic) bond motifs is 1. The first-order valence-corrected chi connectivity index (χ1v) is 11.5. The number of hydrogen-bond donors (Lipinski definition) is 3. The van der Waals surface area contributed by atoms with Gasteiger partial charge in [0.05, 0.1) is 4.90 Å². The van der Waals surface area contributed by atoms with Crippen LogP contribution >= 0.6 is 0 Å². The van der Waals surface area contributed by atoms with Gasteiger partial charge in [-0.1, -0.05) is 24.3 Å². The molecule has 7 nitrogen and oxygen atoms in total. The molecular weight excluding hydrogens is 400 g/mol. The highest BCUT2D eigenvalue weighted by Gasteiger charge is 2.18. The molecule has 1 aliphatic heterocycles. The SMILES string of the molecule is O=C(CCCc1c[nH]c2ccccc12)Nc1cccc(S(=O)(=O)NC2=NCCC2)c1. The van der Waals surface area contributed by atoms with Gasteiger partial charge in [-0.05, 0) is 49.1 Å². The van der Waals surface area contributed by atoms with Crippen molar-refractivity contribution >= 4 is 38.4 Å². The maximum Gasteiger partial charge on any atom is 0.262 e. The number of aromatic nitrogens is 1. The molecule has 30 heavy (non-hydrogen) atoms. The molecule has 0 spiro atoms. The van der Waals surface area contributed by atoms with E-state index in [-0.39, 0.29) is 10.8 Å². The summed E-state index contributed by atoms with van der Waals surface area (Å²) in [5.41, 5.74) is 2.74. The summed E-state index contributed by atoms with van der Waals surface area (Å²) < 4.78 is 27.6. The fourth-order valence-electron chi connectivity index (χ4n) is 3.58. The molecule has 0 unspecified atom stereocenters. The van der Waals surface area contributed by atoms with Crippen molar-refractivity contribution in [2.24, 2.45) is 4.99 Å². The van der Waals surface area contributed by atoms with Crippen LogP contribution in [0.1, 0.15) is 31.2 Å². The van der Waals surface area contributed by atoms with Crippen LogP contribution in [0.4, 0.5) is 5.69 Å². The Morgan fingerprint density at radius 1 is 1.13 bits per heavy atom. The van der Waals surface area contributed by atoms with Gasteiger partial charge in [0.1, 0.15) is 5.84 Å². The molecule has 3 aromatic rings. The van der Waals surface area contributed by atoms with Crippen LogP contribution in [-0.2, 0) is 21.2 Å². The minimum atomic E-state index is -3.70. The first-order valence-electron chi connectivity index (χ1n) is 10.0. The molecule has 156 valence electrons. The lowest BCUT2D eigenvalue weighted by Crippen LogP contribution is -2.29. The monoisotopic (exact) mass is 424 g/mol. The summed E-state index contributed by atoms with van der Waals surface area (Å²) in [5.74, 6) is 0.347. The Balaban J connectivity index is 1.33. The molecule has 0 saturated heterocycles. The van der Waals surface area contributed by atoms with E-state index in [1.54, 1.807) is 12.1 Å². The Morgan fingerprint density at radius 3 is 2.83 bits per heavy atom. The molecule has 1 aliphatic rings. The largest absolute Gasteiger partial charge is 0.361 e. The molecule has 0 atom stereocenters. The normalized spacial score (nSPS) is 13.9. The van der Waals surface area contributed by atoms with Gasteiger partial charge in [0, 0.05) is 42.2 Å². The van der Waals surface area contributed by atoms with Gasteiger partial charge in [0.25, 0.3) is 10.0 Å². The highest BCUT2D eigenvalue weighted by Crippen LogP contribution is 2.20. The van der Waals surface area contributed by atoms with E-state index in [0.717, 1.165) is 18.4 Å². The van der Waals surface area contributed by atoms with Crippen LogP contribution in [0.25, 0.3) is 10.9 Å². The molecule has 1 amide bonds. The highest BCUT2D eigenvalue weighted by molar-refractivity contribution is 7.90. The van der Waals surface area contributed by atoms with Crippen molar-refractivity contribution in [3.63, 3.8) is 0 Å². The smallest absolute Gasteiger partial charge is 0.262 e. The minimum Gasteiger partial charge on any atom is -0.361 e. The molecular formula is C22H24N4O3S.